The van der Waals surface area contributed by atoms with Gasteiger partial charge in [-0.05, 0) is 51.2 Å². The van der Waals surface area contributed by atoms with Crippen LogP contribution in [0.5, 0.6) is 0 Å². The van der Waals surface area contributed by atoms with Gasteiger partial charge in [0.1, 0.15) is 0 Å². The second-order valence-corrected chi connectivity index (χ2v) is 9.68. The number of hydrogen-bond donors (Lipinski definition) is 2. The molecule has 1 fully saturated rings. The Balaban J connectivity index is 1.96. The van der Waals surface area contributed by atoms with Crippen LogP contribution < -0.4 is 10.6 Å². The van der Waals surface area contributed by atoms with Crippen molar-refractivity contribution < 1.29 is 8.95 Å². The quantitative estimate of drug-likeness (QED) is 0.483. The minimum absolute atomic E-state index is 0.229. The highest BCUT2D eigenvalue weighted by molar-refractivity contribution is 7.85. The van der Waals surface area contributed by atoms with E-state index in [2.05, 4.69) is 41.8 Å². The van der Waals surface area contributed by atoms with Gasteiger partial charge in [-0.15, -0.1) is 0 Å². The lowest BCUT2D eigenvalue weighted by atomic mass is 9.95. The van der Waals surface area contributed by atoms with Crippen molar-refractivity contribution in [1.82, 2.24) is 10.6 Å². The van der Waals surface area contributed by atoms with Gasteiger partial charge in [-0.1, -0.05) is 37.6 Å². The maximum Gasteiger partial charge on any atom is 0.191 e. The number of aliphatic imine (C=N–C) groups is 1. The molecule has 2 rings (SSSR count). The maximum atomic E-state index is 12.2. The first-order valence-corrected chi connectivity index (χ1v) is 12.0. The van der Waals surface area contributed by atoms with Gasteiger partial charge >= 0.3 is 0 Å². The molecule has 0 saturated heterocycles. The summed E-state index contributed by atoms with van der Waals surface area (Å²) in [6.45, 7) is 10.3. The Labute approximate surface area is 173 Å². The number of ether oxygens (including phenoxy) is 1. The highest BCUT2D eigenvalue weighted by Gasteiger charge is 2.26. The molecule has 158 valence electrons. The molecule has 2 N–H and O–H groups in total. The standard InChI is InChI=1S/C22H37N3O2S/c1-5-23-22(25-20-11-8-12-21(14-20)28(26)6-2)24-15-18-9-7-10-19(13-18)16-27-17(3)4/h7,9-10,13,17,20-21H,5-6,8,11-12,14-16H2,1-4H3,(H2,23,24,25). The molecule has 0 spiro atoms. The molecule has 0 aliphatic heterocycles. The Kier molecular flexibility index (Phi) is 9.99. The molecule has 0 bridgehead atoms. The van der Waals surface area contributed by atoms with Crippen molar-refractivity contribution in [3.05, 3.63) is 35.4 Å². The molecule has 5 nitrogen and oxygen atoms in total. The predicted octanol–water partition coefficient (Wildman–Crippen LogP) is 3.75. The lowest BCUT2D eigenvalue weighted by Crippen LogP contribution is -2.46. The van der Waals surface area contributed by atoms with Crippen LogP contribution in [-0.4, -0.2) is 39.9 Å². The summed E-state index contributed by atoms with van der Waals surface area (Å²) in [5.41, 5.74) is 2.35. The van der Waals surface area contributed by atoms with Gasteiger partial charge in [0.05, 0.1) is 19.3 Å². The molecule has 0 heterocycles. The fourth-order valence-electron chi connectivity index (χ4n) is 3.51. The Morgan fingerprint density at radius 3 is 2.79 bits per heavy atom. The van der Waals surface area contributed by atoms with E-state index in [1.54, 1.807) is 0 Å². The van der Waals surface area contributed by atoms with E-state index in [4.69, 9.17) is 9.73 Å². The lowest BCUT2D eigenvalue weighted by molar-refractivity contribution is 0.0657. The fraction of sp³-hybridized carbons (Fsp3) is 0.682. The predicted molar refractivity (Wildman–Crippen MR) is 119 cm³/mol. The van der Waals surface area contributed by atoms with E-state index in [1.165, 1.54) is 11.1 Å². The molecule has 1 aromatic carbocycles. The average molecular weight is 408 g/mol. The van der Waals surface area contributed by atoms with Crippen LogP contribution >= 0.6 is 0 Å². The number of benzene rings is 1. The number of guanidine groups is 1. The van der Waals surface area contributed by atoms with E-state index in [1.807, 2.05) is 20.8 Å². The lowest BCUT2D eigenvalue weighted by Gasteiger charge is -2.30. The monoisotopic (exact) mass is 407 g/mol. The second-order valence-electron chi connectivity index (χ2n) is 7.67. The zero-order chi connectivity index (χ0) is 20.4. The number of rotatable bonds is 9. The summed E-state index contributed by atoms with van der Waals surface area (Å²) in [4.78, 5) is 4.78. The zero-order valence-electron chi connectivity index (χ0n) is 17.9. The summed E-state index contributed by atoms with van der Waals surface area (Å²) >= 11 is 0. The molecular weight excluding hydrogens is 370 g/mol. The molecule has 0 amide bonds. The van der Waals surface area contributed by atoms with E-state index in [0.717, 1.165) is 43.9 Å². The Bertz CT molecular complexity index is 648. The summed E-state index contributed by atoms with van der Waals surface area (Å²) in [5, 5.41) is 7.24. The average Bonchev–Trinajstić information content (AvgIpc) is 2.70. The molecule has 6 heteroatoms. The third-order valence-electron chi connectivity index (χ3n) is 4.96. The number of nitrogens with one attached hydrogen (secondary N) is 2. The van der Waals surface area contributed by atoms with Gasteiger partial charge in [0, 0.05) is 34.4 Å². The van der Waals surface area contributed by atoms with Crippen molar-refractivity contribution in [2.45, 2.75) is 83.9 Å². The van der Waals surface area contributed by atoms with Crippen molar-refractivity contribution in [3.8, 4) is 0 Å². The SMILES string of the molecule is CCNC(=NCc1cccc(COC(C)C)c1)NC1CCCC(S(=O)CC)C1. The summed E-state index contributed by atoms with van der Waals surface area (Å²) in [5.74, 6) is 1.60. The summed E-state index contributed by atoms with van der Waals surface area (Å²) in [7, 11) is -0.707. The highest BCUT2D eigenvalue weighted by atomic mass is 32.2. The van der Waals surface area contributed by atoms with Crippen molar-refractivity contribution in [3.63, 3.8) is 0 Å². The molecule has 1 aliphatic carbocycles. The summed E-state index contributed by atoms with van der Waals surface area (Å²) in [6.07, 6.45) is 4.52. The molecule has 1 saturated carbocycles. The highest BCUT2D eigenvalue weighted by Crippen LogP contribution is 2.23. The third-order valence-corrected chi connectivity index (χ3v) is 6.70. The molecule has 1 aliphatic rings. The first-order valence-electron chi connectivity index (χ1n) is 10.6. The van der Waals surface area contributed by atoms with Gasteiger partial charge in [-0.25, -0.2) is 4.99 Å². The molecule has 1 aromatic rings. The van der Waals surface area contributed by atoms with E-state index < -0.39 is 10.8 Å². The third kappa shape index (κ3) is 7.92. The van der Waals surface area contributed by atoms with Gasteiger partial charge in [0.15, 0.2) is 5.96 Å². The Morgan fingerprint density at radius 2 is 2.07 bits per heavy atom. The largest absolute Gasteiger partial charge is 0.374 e. The van der Waals surface area contributed by atoms with Crippen LogP contribution in [0.2, 0.25) is 0 Å². The van der Waals surface area contributed by atoms with Crippen LogP contribution in [0.15, 0.2) is 29.3 Å². The summed E-state index contributed by atoms with van der Waals surface area (Å²) in [6, 6.07) is 8.77. The zero-order valence-corrected chi connectivity index (χ0v) is 18.7. The molecular formula is C22H37N3O2S. The van der Waals surface area contributed by atoms with E-state index in [0.29, 0.717) is 24.4 Å². The van der Waals surface area contributed by atoms with Crippen molar-refractivity contribution >= 4 is 16.8 Å². The van der Waals surface area contributed by atoms with E-state index in [-0.39, 0.29) is 6.10 Å². The number of hydrogen-bond acceptors (Lipinski definition) is 3. The van der Waals surface area contributed by atoms with Gasteiger partial charge in [0.2, 0.25) is 0 Å². The van der Waals surface area contributed by atoms with Crippen molar-refractivity contribution in [1.29, 1.82) is 0 Å². The minimum atomic E-state index is -0.707. The molecule has 3 atom stereocenters. The van der Waals surface area contributed by atoms with E-state index >= 15 is 0 Å². The fourth-order valence-corrected chi connectivity index (χ4v) is 4.86. The van der Waals surface area contributed by atoms with Crippen LogP contribution in [0.3, 0.4) is 0 Å². The first kappa shape index (κ1) is 22.9. The molecule has 0 radical (unpaired) electrons. The van der Waals surface area contributed by atoms with Gasteiger partial charge in [-0.2, -0.15) is 0 Å². The molecule has 28 heavy (non-hydrogen) atoms. The maximum absolute atomic E-state index is 12.2. The minimum Gasteiger partial charge on any atom is -0.374 e. The van der Waals surface area contributed by atoms with Crippen molar-refractivity contribution in [2.24, 2.45) is 4.99 Å². The Morgan fingerprint density at radius 1 is 1.29 bits per heavy atom. The summed E-state index contributed by atoms with van der Waals surface area (Å²) < 4.78 is 17.9. The molecule has 0 aromatic heterocycles. The van der Waals surface area contributed by atoms with Crippen LogP contribution in [0.25, 0.3) is 0 Å². The van der Waals surface area contributed by atoms with Gasteiger partial charge < -0.3 is 15.4 Å². The topological polar surface area (TPSA) is 62.7 Å². The number of nitrogens with zero attached hydrogens (tertiary/aromatic N) is 1. The Hall–Kier alpha value is -1.40. The normalized spacial score (nSPS) is 21.5. The van der Waals surface area contributed by atoms with Crippen LogP contribution in [0, 0.1) is 0 Å². The second kappa shape index (κ2) is 12.2. The smallest absolute Gasteiger partial charge is 0.191 e. The molecule has 3 unspecified atom stereocenters. The van der Waals surface area contributed by atoms with Crippen LogP contribution in [0.4, 0.5) is 0 Å². The first-order chi connectivity index (χ1) is 13.5. The van der Waals surface area contributed by atoms with Crippen molar-refractivity contribution in [2.75, 3.05) is 12.3 Å². The van der Waals surface area contributed by atoms with E-state index in [9.17, 15) is 4.21 Å². The van der Waals surface area contributed by atoms with Crippen LogP contribution in [0.1, 0.15) is 64.5 Å². The van der Waals surface area contributed by atoms with Gasteiger partial charge in [-0.3, -0.25) is 4.21 Å². The van der Waals surface area contributed by atoms with Crippen LogP contribution in [-0.2, 0) is 28.7 Å². The van der Waals surface area contributed by atoms with Gasteiger partial charge in [0.25, 0.3) is 0 Å².